The Labute approximate surface area is 87.6 Å². The summed E-state index contributed by atoms with van der Waals surface area (Å²) in [4.78, 5) is 0. The topological polar surface area (TPSA) is 84.9 Å². The summed E-state index contributed by atoms with van der Waals surface area (Å²) >= 11 is 0. The van der Waals surface area contributed by atoms with Crippen molar-refractivity contribution >= 4 is 12.6 Å². The van der Waals surface area contributed by atoms with Crippen LogP contribution in [-0.2, 0) is 4.65 Å². The molecular formula is C9H12BNO4. The van der Waals surface area contributed by atoms with E-state index in [0.717, 1.165) is 5.56 Å². The summed E-state index contributed by atoms with van der Waals surface area (Å²) < 4.78 is 10.2. The van der Waals surface area contributed by atoms with Gasteiger partial charge in [-0.05, 0) is 11.6 Å². The van der Waals surface area contributed by atoms with Crippen molar-refractivity contribution in [1.29, 1.82) is 0 Å². The minimum atomic E-state index is -1.03. The number of aliphatic hydroxyl groups is 1. The molecule has 0 saturated heterocycles. The number of fused-ring (bicyclic) bond motifs is 1. The normalized spacial score (nSPS) is 19.1. The van der Waals surface area contributed by atoms with Crippen LogP contribution in [0, 0.1) is 0 Å². The van der Waals surface area contributed by atoms with Crippen LogP contribution in [0.1, 0.15) is 11.7 Å². The van der Waals surface area contributed by atoms with Crippen LogP contribution in [0.25, 0.3) is 0 Å². The molecule has 0 aromatic heterocycles. The molecule has 1 aromatic carbocycles. The van der Waals surface area contributed by atoms with E-state index in [4.69, 9.17) is 20.2 Å². The van der Waals surface area contributed by atoms with Gasteiger partial charge in [0, 0.05) is 12.0 Å². The van der Waals surface area contributed by atoms with Gasteiger partial charge < -0.3 is 25.3 Å². The molecule has 1 aliphatic rings. The minimum absolute atomic E-state index is 0.298. The van der Waals surface area contributed by atoms with Crippen molar-refractivity contribution in [1.82, 2.24) is 0 Å². The second kappa shape index (κ2) is 4.20. The lowest BCUT2D eigenvalue weighted by Crippen LogP contribution is -2.30. The SMILES string of the molecule is NCC1OB(O)c2c(OCO)cccc21. The monoisotopic (exact) mass is 209 g/mol. The maximum absolute atomic E-state index is 9.65. The van der Waals surface area contributed by atoms with Crippen LogP contribution in [0.4, 0.5) is 0 Å². The fraction of sp³-hybridized carbons (Fsp3) is 0.333. The first-order valence-corrected chi connectivity index (χ1v) is 4.68. The molecule has 6 heteroatoms. The van der Waals surface area contributed by atoms with Gasteiger partial charge in [-0.15, -0.1) is 0 Å². The highest BCUT2D eigenvalue weighted by Gasteiger charge is 2.37. The van der Waals surface area contributed by atoms with Crippen molar-refractivity contribution in [2.45, 2.75) is 6.10 Å². The van der Waals surface area contributed by atoms with Crippen LogP contribution in [0.3, 0.4) is 0 Å². The second-order valence-electron chi connectivity index (χ2n) is 3.25. The van der Waals surface area contributed by atoms with E-state index in [1.165, 1.54) is 0 Å². The van der Waals surface area contributed by atoms with E-state index < -0.39 is 13.9 Å². The molecule has 5 nitrogen and oxygen atoms in total. The van der Waals surface area contributed by atoms with Crippen LogP contribution in [0.2, 0.25) is 0 Å². The average Bonchev–Trinajstić information content (AvgIpc) is 2.57. The fourth-order valence-corrected chi connectivity index (χ4v) is 1.78. The summed E-state index contributed by atoms with van der Waals surface area (Å²) in [6.07, 6.45) is -0.308. The largest absolute Gasteiger partial charge is 0.495 e. The molecule has 0 amide bonds. The summed E-state index contributed by atoms with van der Waals surface area (Å²) in [6.45, 7) is -0.136. The lowest BCUT2D eigenvalue weighted by molar-refractivity contribution is 0.0994. The number of hydrogen-bond acceptors (Lipinski definition) is 5. The summed E-state index contributed by atoms with van der Waals surface area (Å²) in [5.41, 5.74) is 6.88. The summed E-state index contributed by atoms with van der Waals surface area (Å²) in [5, 5.41) is 18.3. The predicted molar refractivity (Wildman–Crippen MR) is 54.6 cm³/mol. The van der Waals surface area contributed by atoms with Gasteiger partial charge >= 0.3 is 7.12 Å². The molecular weight excluding hydrogens is 197 g/mol. The van der Waals surface area contributed by atoms with Gasteiger partial charge in [0.15, 0.2) is 6.79 Å². The first-order chi connectivity index (χ1) is 7.27. The van der Waals surface area contributed by atoms with Crippen molar-refractivity contribution in [3.8, 4) is 5.75 Å². The molecule has 0 spiro atoms. The van der Waals surface area contributed by atoms with Gasteiger partial charge in [0.05, 0.1) is 6.10 Å². The Morgan fingerprint density at radius 1 is 1.53 bits per heavy atom. The molecule has 0 bridgehead atoms. The molecule has 15 heavy (non-hydrogen) atoms. The minimum Gasteiger partial charge on any atom is -0.468 e. The Morgan fingerprint density at radius 2 is 2.33 bits per heavy atom. The molecule has 2 rings (SSSR count). The lowest BCUT2D eigenvalue weighted by Gasteiger charge is -2.09. The van der Waals surface area contributed by atoms with Gasteiger partial charge in [-0.1, -0.05) is 12.1 Å². The molecule has 4 N–H and O–H groups in total. The third kappa shape index (κ3) is 1.72. The van der Waals surface area contributed by atoms with Crippen LogP contribution >= 0.6 is 0 Å². The van der Waals surface area contributed by atoms with E-state index in [9.17, 15) is 5.02 Å². The third-order valence-electron chi connectivity index (χ3n) is 2.42. The summed E-state index contributed by atoms with van der Waals surface area (Å²) in [7, 11) is -1.03. The van der Waals surface area contributed by atoms with E-state index in [1.54, 1.807) is 12.1 Å². The molecule has 1 unspecified atom stereocenters. The molecule has 0 saturated carbocycles. The fourth-order valence-electron chi connectivity index (χ4n) is 1.78. The van der Waals surface area contributed by atoms with Crippen molar-refractivity contribution in [3.63, 3.8) is 0 Å². The first kappa shape index (κ1) is 10.4. The van der Waals surface area contributed by atoms with Gasteiger partial charge in [0.25, 0.3) is 0 Å². The molecule has 1 aliphatic heterocycles. The Balaban J connectivity index is 2.42. The molecule has 1 aromatic rings. The number of benzene rings is 1. The van der Waals surface area contributed by atoms with Crippen molar-refractivity contribution < 1.29 is 19.5 Å². The van der Waals surface area contributed by atoms with E-state index in [2.05, 4.69) is 0 Å². The van der Waals surface area contributed by atoms with Crippen molar-refractivity contribution in [3.05, 3.63) is 23.8 Å². The predicted octanol–water partition coefficient (Wildman–Crippen LogP) is -1.27. The van der Waals surface area contributed by atoms with Crippen LogP contribution in [0.15, 0.2) is 18.2 Å². The molecule has 80 valence electrons. The number of rotatable bonds is 3. The van der Waals surface area contributed by atoms with Gasteiger partial charge in [-0.25, -0.2) is 0 Å². The summed E-state index contributed by atoms with van der Waals surface area (Å²) in [5.74, 6) is 0.429. The highest BCUT2D eigenvalue weighted by atomic mass is 16.6. The molecule has 1 heterocycles. The van der Waals surface area contributed by atoms with E-state index in [1.807, 2.05) is 6.07 Å². The van der Waals surface area contributed by atoms with Gasteiger partial charge in [0.2, 0.25) is 0 Å². The zero-order valence-corrected chi connectivity index (χ0v) is 8.09. The second-order valence-corrected chi connectivity index (χ2v) is 3.25. The van der Waals surface area contributed by atoms with E-state index in [-0.39, 0.29) is 6.10 Å². The molecule has 0 fully saturated rings. The van der Waals surface area contributed by atoms with Gasteiger partial charge in [-0.2, -0.15) is 0 Å². The van der Waals surface area contributed by atoms with E-state index >= 15 is 0 Å². The number of aliphatic hydroxyl groups excluding tert-OH is 1. The molecule has 0 aliphatic carbocycles. The van der Waals surface area contributed by atoms with Gasteiger partial charge in [0.1, 0.15) is 5.75 Å². The van der Waals surface area contributed by atoms with Gasteiger partial charge in [-0.3, -0.25) is 0 Å². The number of ether oxygens (including phenoxy) is 1. The first-order valence-electron chi connectivity index (χ1n) is 4.68. The van der Waals surface area contributed by atoms with Crippen molar-refractivity contribution in [2.24, 2.45) is 5.73 Å². The highest BCUT2D eigenvalue weighted by Crippen LogP contribution is 2.26. The Hall–Kier alpha value is -1.08. The maximum Gasteiger partial charge on any atom is 0.495 e. The zero-order valence-electron chi connectivity index (χ0n) is 8.09. The van der Waals surface area contributed by atoms with E-state index in [0.29, 0.717) is 17.8 Å². The van der Waals surface area contributed by atoms with Crippen LogP contribution < -0.4 is 15.9 Å². The Morgan fingerprint density at radius 3 is 3.00 bits per heavy atom. The third-order valence-corrected chi connectivity index (χ3v) is 2.42. The quantitative estimate of drug-likeness (QED) is 0.427. The average molecular weight is 209 g/mol. The number of nitrogens with two attached hydrogens (primary N) is 1. The highest BCUT2D eigenvalue weighted by molar-refractivity contribution is 6.62. The van der Waals surface area contributed by atoms with Crippen molar-refractivity contribution in [2.75, 3.05) is 13.3 Å². The number of hydrogen-bond donors (Lipinski definition) is 3. The Bertz CT molecular complexity index is 360. The van der Waals surface area contributed by atoms with Crippen LogP contribution in [-0.4, -0.2) is 30.6 Å². The zero-order chi connectivity index (χ0) is 10.8. The van der Waals surface area contributed by atoms with Crippen LogP contribution in [0.5, 0.6) is 5.75 Å². The maximum atomic E-state index is 9.65. The summed E-state index contributed by atoms with van der Waals surface area (Å²) in [6, 6.07) is 5.27. The molecule has 0 radical (unpaired) electrons. The Kier molecular flexibility index (Phi) is 2.92. The molecule has 1 atom stereocenters. The lowest BCUT2D eigenvalue weighted by atomic mass is 9.78. The standard InChI is InChI=1S/C9H12BNO4/c11-4-8-6-2-1-3-7(14-5-12)9(6)10(13)15-8/h1-3,8,12-13H,4-5,11H2. The smallest absolute Gasteiger partial charge is 0.468 e.